The van der Waals surface area contributed by atoms with Crippen molar-refractivity contribution < 1.29 is 0 Å². The minimum atomic E-state index is 0.499. The summed E-state index contributed by atoms with van der Waals surface area (Å²) >= 11 is 1.85. The molecule has 1 aliphatic carbocycles. The summed E-state index contributed by atoms with van der Waals surface area (Å²) < 4.78 is 0. The van der Waals surface area contributed by atoms with E-state index in [0.717, 1.165) is 18.5 Å². The van der Waals surface area contributed by atoms with Crippen LogP contribution in [0.4, 0.5) is 0 Å². The topological polar surface area (TPSA) is 12.0 Å². The van der Waals surface area contributed by atoms with Gasteiger partial charge in [0.1, 0.15) is 0 Å². The Kier molecular flexibility index (Phi) is 4.26. The second kappa shape index (κ2) is 5.53. The third-order valence-corrected chi connectivity index (χ3v) is 4.97. The Morgan fingerprint density at radius 1 is 1.24 bits per heavy atom. The molecule has 0 spiro atoms. The van der Waals surface area contributed by atoms with Crippen molar-refractivity contribution in [3.8, 4) is 0 Å². The van der Waals surface area contributed by atoms with E-state index in [1.807, 2.05) is 11.3 Å². The highest BCUT2D eigenvalue weighted by molar-refractivity contribution is 7.09. The van der Waals surface area contributed by atoms with Gasteiger partial charge < -0.3 is 5.32 Å². The first-order chi connectivity index (χ1) is 8.05. The van der Waals surface area contributed by atoms with Crippen LogP contribution in [0.5, 0.6) is 0 Å². The zero-order valence-electron chi connectivity index (χ0n) is 11.3. The molecule has 1 nitrogen and oxygen atoms in total. The number of rotatable bonds is 3. The monoisotopic (exact) mass is 251 g/mol. The van der Waals surface area contributed by atoms with E-state index in [1.165, 1.54) is 30.6 Å². The van der Waals surface area contributed by atoms with E-state index >= 15 is 0 Å². The Labute approximate surface area is 110 Å². The van der Waals surface area contributed by atoms with E-state index in [4.69, 9.17) is 0 Å². The Morgan fingerprint density at radius 2 is 1.94 bits per heavy atom. The van der Waals surface area contributed by atoms with E-state index in [2.05, 4.69) is 43.6 Å². The highest BCUT2D eigenvalue weighted by atomic mass is 32.1. The lowest BCUT2D eigenvalue weighted by Crippen LogP contribution is -2.35. The van der Waals surface area contributed by atoms with Gasteiger partial charge in [0.25, 0.3) is 0 Å². The second-order valence-corrected chi connectivity index (χ2v) is 7.41. The Balaban J connectivity index is 1.72. The zero-order valence-corrected chi connectivity index (χ0v) is 12.1. The SMILES string of the molecule is CC(C)(C)C1CCC(NCc2cccs2)CC1. The molecule has 1 aliphatic rings. The first kappa shape index (κ1) is 13.1. The van der Waals surface area contributed by atoms with Gasteiger partial charge in [0.05, 0.1) is 0 Å². The molecule has 1 aromatic rings. The molecule has 1 aromatic heterocycles. The summed E-state index contributed by atoms with van der Waals surface area (Å²) in [4.78, 5) is 1.46. The molecule has 1 N–H and O–H groups in total. The molecular formula is C15H25NS. The van der Waals surface area contributed by atoms with Crippen LogP contribution in [-0.2, 0) is 6.54 Å². The molecule has 2 heteroatoms. The van der Waals surface area contributed by atoms with E-state index < -0.39 is 0 Å². The van der Waals surface area contributed by atoms with Crippen LogP contribution < -0.4 is 5.32 Å². The summed E-state index contributed by atoms with van der Waals surface area (Å²) in [6.45, 7) is 8.22. The normalized spacial score (nSPS) is 26.1. The standard InChI is InChI=1S/C15H25NS/c1-15(2,3)12-6-8-13(9-7-12)16-11-14-5-4-10-17-14/h4-5,10,12-13,16H,6-9,11H2,1-3H3. The molecule has 1 fully saturated rings. The Morgan fingerprint density at radius 3 is 2.47 bits per heavy atom. The number of hydrogen-bond acceptors (Lipinski definition) is 2. The van der Waals surface area contributed by atoms with Crippen molar-refractivity contribution in [3.05, 3.63) is 22.4 Å². The predicted molar refractivity (Wildman–Crippen MR) is 76.4 cm³/mol. The van der Waals surface area contributed by atoms with Crippen molar-refractivity contribution in [2.24, 2.45) is 11.3 Å². The average molecular weight is 251 g/mol. The summed E-state index contributed by atoms with van der Waals surface area (Å²) in [6, 6.07) is 5.10. The molecule has 1 saturated carbocycles. The fraction of sp³-hybridized carbons (Fsp3) is 0.733. The van der Waals surface area contributed by atoms with Crippen LogP contribution in [-0.4, -0.2) is 6.04 Å². The van der Waals surface area contributed by atoms with Crippen LogP contribution in [0, 0.1) is 11.3 Å². The third-order valence-electron chi connectivity index (χ3n) is 4.10. The molecular weight excluding hydrogens is 226 g/mol. The maximum Gasteiger partial charge on any atom is 0.0302 e. The molecule has 0 aliphatic heterocycles. The highest BCUT2D eigenvalue weighted by Crippen LogP contribution is 2.37. The summed E-state index contributed by atoms with van der Waals surface area (Å²) in [6.07, 6.45) is 5.50. The molecule has 96 valence electrons. The zero-order chi connectivity index (χ0) is 12.3. The average Bonchev–Trinajstić information content (AvgIpc) is 2.78. The van der Waals surface area contributed by atoms with E-state index in [1.54, 1.807) is 0 Å². The van der Waals surface area contributed by atoms with Gasteiger partial charge in [0.2, 0.25) is 0 Å². The van der Waals surface area contributed by atoms with E-state index in [9.17, 15) is 0 Å². The van der Waals surface area contributed by atoms with Gasteiger partial charge in [-0.1, -0.05) is 26.8 Å². The van der Waals surface area contributed by atoms with Gasteiger partial charge >= 0.3 is 0 Å². The Hall–Kier alpha value is -0.340. The van der Waals surface area contributed by atoms with Crippen LogP contribution in [0.15, 0.2) is 17.5 Å². The molecule has 17 heavy (non-hydrogen) atoms. The molecule has 1 heterocycles. The van der Waals surface area contributed by atoms with Crippen molar-refractivity contribution in [1.29, 1.82) is 0 Å². The lowest BCUT2D eigenvalue weighted by Gasteiger charge is -2.37. The maximum absolute atomic E-state index is 3.71. The lowest BCUT2D eigenvalue weighted by molar-refractivity contribution is 0.160. The van der Waals surface area contributed by atoms with Crippen LogP contribution in [0.3, 0.4) is 0 Å². The number of hydrogen-bond donors (Lipinski definition) is 1. The van der Waals surface area contributed by atoms with Crippen molar-refractivity contribution in [2.45, 2.75) is 59.0 Å². The minimum Gasteiger partial charge on any atom is -0.309 e. The van der Waals surface area contributed by atoms with Crippen LogP contribution in [0.1, 0.15) is 51.3 Å². The minimum absolute atomic E-state index is 0.499. The maximum atomic E-state index is 3.71. The molecule has 0 aromatic carbocycles. The van der Waals surface area contributed by atoms with Gasteiger partial charge in [0, 0.05) is 17.5 Å². The summed E-state index contributed by atoms with van der Waals surface area (Å²) in [5.41, 5.74) is 0.499. The molecule has 0 amide bonds. The smallest absolute Gasteiger partial charge is 0.0302 e. The molecule has 0 atom stereocenters. The van der Waals surface area contributed by atoms with Gasteiger partial charge in [-0.25, -0.2) is 0 Å². The van der Waals surface area contributed by atoms with Crippen LogP contribution in [0.2, 0.25) is 0 Å². The van der Waals surface area contributed by atoms with E-state index in [0.29, 0.717) is 5.41 Å². The molecule has 0 radical (unpaired) electrons. The van der Waals surface area contributed by atoms with Crippen LogP contribution in [0.25, 0.3) is 0 Å². The van der Waals surface area contributed by atoms with Gasteiger partial charge in [0.15, 0.2) is 0 Å². The van der Waals surface area contributed by atoms with Gasteiger partial charge in [-0.2, -0.15) is 0 Å². The molecule has 0 unspecified atom stereocenters. The number of nitrogens with one attached hydrogen (secondary N) is 1. The van der Waals surface area contributed by atoms with E-state index in [-0.39, 0.29) is 0 Å². The largest absolute Gasteiger partial charge is 0.309 e. The van der Waals surface area contributed by atoms with Crippen LogP contribution >= 0.6 is 11.3 Å². The lowest BCUT2D eigenvalue weighted by atomic mass is 9.71. The number of thiophene rings is 1. The first-order valence-corrected chi connectivity index (χ1v) is 7.69. The molecule has 0 saturated heterocycles. The fourth-order valence-corrected chi connectivity index (χ4v) is 3.48. The molecule has 2 rings (SSSR count). The Bertz CT molecular complexity index is 315. The van der Waals surface area contributed by atoms with Crippen molar-refractivity contribution in [1.82, 2.24) is 5.32 Å². The summed E-state index contributed by atoms with van der Waals surface area (Å²) in [7, 11) is 0. The van der Waals surface area contributed by atoms with Crippen molar-refractivity contribution in [3.63, 3.8) is 0 Å². The van der Waals surface area contributed by atoms with Crippen molar-refractivity contribution >= 4 is 11.3 Å². The van der Waals surface area contributed by atoms with Gasteiger partial charge in [-0.05, 0) is 48.5 Å². The quantitative estimate of drug-likeness (QED) is 0.837. The fourth-order valence-electron chi connectivity index (χ4n) is 2.82. The van der Waals surface area contributed by atoms with Crippen molar-refractivity contribution in [2.75, 3.05) is 0 Å². The predicted octanol–water partition coefficient (Wildman–Crippen LogP) is 4.44. The summed E-state index contributed by atoms with van der Waals surface area (Å²) in [5, 5.41) is 5.87. The van der Waals surface area contributed by atoms with Gasteiger partial charge in [-0.3, -0.25) is 0 Å². The molecule has 0 bridgehead atoms. The first-order valence-electron chi connectivity index (χ1n) is 6.81. The third kappa shape index (κ3) is 3.82. The second-order valence-electron chi connectivity index (χ2n) is 6.37. The highest BCUT2D eigenvalue weighted by Gasteiger charge is 2.29. The summed E-state index contributed by atoms with van der Waals surface area (Å²) in [5.74, 6) is 0.919. The van der Waals surface area contributed by atoms with Gasteiger partial charge in [-0.15, -0.1) is 11.3 Å².